The van der Waals surface area contributed by atoms with Crippen LogP contribution in [0.5, 0.6) is 0 Å². The van der Waals surface area contributed by atoms with Crippen LogP contribution in [0.3, 0.4) is 0 Å². The molecule has 1 rings (SSSR count). The second-order valence-corrected chi connectivity index (χ2v) is 3.94. The molecular weight excluding hydrogens is 132 g/mol. The second kappa shape index (κ2) is 3.44. The summed E-state index contributed by atoms with van der Waals surface area (Å²) in [4.78, 5) is 2.24. The smallest absolute Gasteiger partial charge is 0.0421 e. The minimum atomic E-state index is 0.819. The predicted molar refractivity (Wildman–Crippen MR) is 42.8 cm³/mol. The maximum atomic E-state index is 3.31. The molecule has 9 heavy (non-hydrogen) atoms. The number of rotatable bonds is 2. The highest BCUT2D eigenvalue weighted by molar-refractivity contribution is 8.00. The molecule has 1 atom stereocenters. The molecule has 1 aliphatic rings. The topological polar surface area (TPSA) is 15.3 Å². The normalized spacial score (nSPS) is 27.7. The van der Waals surface area contributed by atoms with Crippen molar-refractivity contribution in [2.45, 2.75) is 5.25 Å². The maximum absolute atomic E-state index is 3.31. The number of nitrogens with one attached hydrogen (secondary N) is 1. The lowest BCUT2D eigenvalue weighted by Crippen LogP contribution is -2.26. The van der Waals surface area contributed by atoms with Gasteiger partial charge in [0.15, 0.2) is 0 Å². The Balaban J connectivity index is 2.11. The summed E-state index contributed by atoms with van der Waals surface area (Å²) in [6.07, 6.45) is 0. The molecule has 0 aromatic heterocycles. The molecule has 0 aliphatic carbocycles. The van der Waals surface area contributed by atoms with Crippen LogP contribution in [-0.4, -0.2) is 43.2 Å². The molecule has 0 unspecified atom stereocenters. The van der Waals surface area contributed by atoms with Crippen molar-refractivity contribution in [1.82, 2.24) is 10.2 Å². The first-order valence-corrected chi connectivity index (χ1v) is 4.31. The van der Waals surface area contributed by atoms with Crippen molar-refractivity contribution in [3.05, 3.63) is 0 Å². The molecule has 2 nitrogen and oxygen atoms in total. The van der Waals surface area contributed by atoms with Crippen LogP contribution in [0.1, 0.15) is 0 Å². The Kier molecular flexibility index (Phi) is 2.82. The first-order valence-electron chi connectivity index (χ1n) is 3.26. The fourth-order valence-electron chi connectivity index (χ4n) is 0.980. The zero-order valence-corrected chi connectivity index (χ0v) is 6.87. The first-order chi connectivity index (χ1) is 4.29. The van der Waals surface area contributed by atoms with Gasteiger partial charge in [-0.05, 0) is 14.1 Å². The molecule has 0 bridgehead atoms. The Morgan fingerprint density at radius 3 is 2.89 bits per heavy atom. The summed E-state index contributed by atoms with van der Waals surface area (Å²) in [5.41, 5.74) is 0. The molecule has 0 saturated carbocycles. The molecule has 0 radical (unpaired) electrons. The third kappa shape index (κ3) is 2.56. The van der Waals surface area contributed by atoms with Crippen LogP contribution in [0.25, 0.3) is 0 Å². The van der Waals surface area contributed by atoms with E-state index >= 15 is 0 Å². The van der Waals surface area contributed by atoms with Gasteiger partial charge in [0.2, 0.25) is 0 Å². The zero-order valence-electron chi connectivity index (χ0n) is 6.05. The van der Waals surface area contributed by atoms with Crippen LogP contribution in [0.2, 0.25) is 0 Å². The van der Waals surface area contributed by atoms with Crippen molar-refractivity contribution in [3.63, 3.8) is 0 Å². The van der Waals surface area contributed by atoms with Gasteiger partial charge in [0, 0.05) is 24.2 Å². The van der Waals surface area contributed by atoms with E-state index in [9.17, 15) is 0 Å². The van der Waals surface area contributed by atoms with Gasteiger partial charge >= 0.3 is 0 Å². The summed E-state index contributed by atoms with van der Waals surface area (Å²) >= 11 is 2.02. The van der Waals surface area contributed by atoms with Gasteiger partial charge in [-0.2, -0.15) is 0 Å². The third-order valence-electron chi connectivity index (χ3n) is 1.36. The van der Waals surface area contributed by atoms with Gasteiger partial charge in [-0.15, -0.1) is 11.8 Å². The summed E-state index contributed by atoms with van der Waals surface area (Å²) in [5.74, 6) is 1.14. The van der Waals surface area contributed by atoms with Gasteiger partial charge in [-0.25, -0.2) is 0 Å². The van der Waals surface area contributed by atoms with Gasteiger partial charge in [0.25, 0.3) is 0 Å². The minimum Gasteiger partial charge on any atom is -0.308 e. The van der Waals surface area contributed by atoms with E-state index in [2.05, 4.69) is 24.3 Å². The van der Waals surface area contributed by atoms with E-state index in [0.717, 1.165) is 11.1 Å². The lowest BCUT2D eigenvalue weighted by atomic mass is 10.4. The zero-order chi connectivity index (χ0) is 6.69. The van der Waals surface area contributed by atoms with E-state index in [-0.39, 0.29) is 0 Å². The van der Waals surface area contributed by atoms with Crippen molar-refractivity contribution in [2.75, 3.05) is 33.1 Å². The lowest BCUT2D eigenvalue weighted by Gasteiger charge is -2.13. The average Bonchev–Trinajstić information content (AvgIpc) is 2.15. The summed E-state index contributed by atoms with van der Waals surface area (Å²) in [6.45, 7) is 2.39. The van der Waals surface area contributed by atoms with Gasteiger partial charge < -0.3 is 10.2 Å². The van der Waals surface area contributed by atoms with E-state index in [4.69, 9.17) is 0 Å². The van der Waals surface area contributed by atoms with Gasteiger partial charge in [0.05, 0.1) is 0 Å². The Labute approximate surface area is 61.0 Å². The third-order valence-corrected chi connectivity index (χ3v) is 2.52. The van der Waals surface area contributed by atoms with Crippen molar-refractivity contribution in [1.29, 1.82) is 0 Å². The Morgan fingerprint density at radius 2 is 2.44 bits per heavy atom. The summed E-state index contributed by atoms with van der Waals surface area (Å²) < 4.78 is 0. The molecule has 1 fully saturated rings. The monoisotopic (exact) mass is 146 g/mol. The van der Waals surface area contributed by atoms with Crippen LogP contribution in [-0.2, 0) is 0 Å². The van der Waals surface area contributed by atoms with Gasteiger partial charge in [-0.1, -0.05) is 0 Å². The van der Waals surface area contributed by atoms with Crippen LogP contribution in [0.4, 0.5) is 0 Å². The van der Waals surface area contributed by atoms with Crippen molar-refractivity contribution in [3.8, 4) is 0 Å². The standard InChI is InChI=1S/C6H14N2S/c1-8(2)4-6-3-7-5-9-6/h6-7H,3-5H2,1-2H3/t6-/m1/s1. The highest BCUT2D eigenvalue weighted by Crippen LogP contribution is 2.14. The molecule has 0 amide bonds. The van der Waals surface area contributed by atoms with Crippen molar-refractivity contribution < 1.29 is 0 Å². The molecule has 1 saturated heterocycles. The number of hydrogen-bond donors (Lipinski definition) is 1. The number of thioether (sulfide) groups is 1. The number of nitrogens with zero attached hydrogens (tertiary/aromatic N) is 1. The largest absolute Gasteiger partial charge is 0.308 e. The lowest BCUT2D eigenvalue weighted by molar-refractivity contribution is 0.407. The predicted octanol–water partition coefficient (Wildman–Crippen LogP) is 0.210. The van der Waals surface area contributed by atoms with E-state index in [1.807, 2.05) is 11.8 Å². The van der Waals surface area contributed by atoms with Crippen molar-refractivity contribution >= 4 is 11.8 Å². The van der Waals surface area contributed by atoms with E-state index in [1.165, 1.54) is 13.1 Å². The van der Waals surface area contributed by atoms with E-state index in [1.54, 1.807) is 0 Å². The highest BCUT2D eigenvalue weighted by atomic mass is 32.2. The molecule has 1 N–H and O–H groups in total. The van der Waals surface area contributed by atoms with Crippen LogP contribution < -0.4 is 5.32 Å². The Hall–Kier alpha value is 0.270. The minimum absolute atomic E-state index is 0.819. The molecule has 3 heteroatoms. The van der Waals surface area contributed by atoms with Gasteiger partial charge in [0.1, 0.15) is 0 Å². The Morgan fingerprint density at radius 1 is 1.67 bits per heavy atom. The molecule has 54 valence electrons. The number of hydrogen-bond acceptors (Lipinski definition) is 3. The summed E-state index contributed by atoms with van der Waals surface area (Å²) in [6, 6.07) is 0. The quantitative estimate of drug-likeness (QED) is 0.599. The van der Waals surface area contributed by atoms with Crippen LogP contribution >= 0.6 is 11.8 Å². The van der Waals surface area contributed by atoms with Crippen LogP contribution in [0.15, 0.2) is 0 Å². The van der Waals surface area contributed by atoms with E-state index < -0.39 is 0 Å². The average molecular weight is 146 g/mol. The Bertz CT molecular complexity index is 79.1. The fraction of sp³-hybridized carbons (Fsp3) is 1.00. The summed E-state index contributed by atoms with van der Waals surface area (Å²) in [7, 11) is 4.25. The fourth-order valence-corrected chi connectivity index (χ4v) is 2.09. The van der Waals surface area contributed by atoms with Crippen molar-refractivity contribution in [2.24, 2.45) is 0 Å². The molecule has 0 spiro atoms. The van der Waals surface area contributed by atoms with Gasteiger partial charge in [-0.3, -0.25) is 0 Å². The highest BCUT2D eigenvalue weighted by Gasteiger charge is 2.14. The first kappa shape index (κ1) is 7.38. The second-order valence-electron chi connectivity index (χ2n) is 2.65. The summed E-state index contributed by atoms with van der Waals surface area (Å²) in [5, 5.41) is 4.13. The SMILES string of the molecule is CN(C)C[C@H]1CNCS1. The maximum Gasteiger partial charge on any atom is 0.0421 e. The molecular formula is C6H14N2S. The molecule has 1 heterocycles. The molecule has 0 aromatic carbocycles. The van der Waals surface area contributed by atoms with E-state index in [0.29, 0.717) is 0 Å². The van der Waals surface area contributed by atoms with Crippen LogP contribution in [0, 0.1) is 0 Å². The molecule has 0 aromatic rings. The molecule has 1 aliphatic heterocycles.